The van der Waals surface area contributed by atoms with E-state index >= 15 is 0 Å². The number of thiophene rings is 1. The Kier molecular flexibility index (Phi) is 4.74. The largest absolute Gasteiger partial charge is 0.481 e. The summed E-state index contributed by atoms with van der Waals surface area (Å²) in [6, 6.07) is 3.33. The van der Waals surface area contributed by atoms with E-state index in [1.807, 2.05) is 17.5 Å². The number of oxazole rings is 1. The molecule has 2 heterocycles. The molecule has 2 N–H and O–H groups in total. The van der Waals surface area contributed by atoms with Crippen molar-refractivity contribution in [2.45, 2.75) is 26.3 Å². The van der Waals surface area contributed by atoms with Gasteiger partial charge in [0.2, 0.25) is 11.8 Å². The molecular weight excluding hydrogens is 292 g/mol. The number of carbonyl (C=O) groups is 2. The van der Waals surface area contributed by atoms with Gasteiger partial charge in [-0.25, -0.2) is 4.98 Å². The van der Waals surface area contributed by atoms with Crippen LogP contribution in [0, 0.1) is 5.92 Å². The smallest absolute Gasteiger partial charge is 0.308 e. The monoisotopic (exact) mass is 308 g/mol. The van der Waals surface area contributed by atoms with Gasteiger partial charge in [0.05, 0.1) is 22.9 Å². The Morgan fingerprint density at radius 2 is 2.24 bits per heavy atom. The van der Waals surface area contributed by atoms with Crippen LogP contribution < -0.4 is 5.32 Å². The topological polar surface area (TPSA) is 92.4 Å². The second-order valence-electron chi connectivity index (χ2n) is 4.78. The Morgan fingerprint density at radius 1 is 1.48 bits per heavy atom. The van der Waals surface area contributed by atoms with Gasteiger partial charge >= 0.3 is 5.97 Å². The second-order valence-corrected chi connectivity index (χ2v) is 5.73. The maximum atomic E-state index is 11.9. The van der Waals surface area contributed by atoms with Gasteiger partial charge in [-0.1, -0.05) is 6.07 Å². The first-order valence-electron chi connectivity index (χ1n) is 6.48. The lowest BCUT2D eigenvalue weighted by Gasteiger charge is -2.17. The van der Waals surface area contributed by atoms with Gasteiger partial charge in [0.1, 0.15) is 6.26 Å². The average Bonchev–Trinajstić information content (AvgIpc) is 3.07. The van der Waals surface area contributed by atoms with Crippen molar-refractivity contribution >= 4 is 23.2 Å². The van der Waals surface area contributed by atoms with Gasteiger partial charge in [-0.3, -0.25) is 9.59 Å². The third-order valence-corrected chi connectivity index (χ3v) is 4.01. The Bertz CT molecular complexity index is 621. The molecule has 2 aromatic rings. The van der Waals surface area contributed by atoms with E-state index in [9.17, 15) is 9.59 Å². The SMILES string of the molecule is CC(NC(=O)Cc1coc(-c2cccs2)n1)C(C)C(=O)O. The van der Waals surface area contributed by atoms with E-state index in [0.717, 1.165) is 4.88 Å². The van der Waals surface area contributed by atoms with Crippen molar-refractivity contribution < 1.29 is 19.1 Å². The zero-order valence-electron chi connectivity index (χ0n) is 11.7. The Labute approximate surface area is 125 Å². The predicted octanol–water partition coefficient (Wildman–Crippen LogP) is 2.17. The zero-order valence-corrected chi connectivity index (χ0v) is 12.5. The number of nitrogens with zero attached hydrogens (tertiary/aromatic N) is 1. The number of carbonyl (C=O) groups excluding carboxylic acids is 1. The molecule has 7 heteroatoms. The van der Waals surface area contributed by atoms with Gasteiger partial charge in [-0.05, 0) is 25.3 Å². The van der Waals surface area contributed by atoms with E-state index in [2.05, 4.69) is 10.3 Å². The molecule has 21 heavy (non-hydrogen) atoms. The minimum absolute atomic E-state index is 0.0611. The molecule has 2 aromatic heterocycles. The van der Waals surface area contributed by atoms with Crippen LogP contribution in [0.2, 0.25) is 0 Å². The molecule has 2 unspecified atom stereocenters. The molecule has 0 radical (unpaired) electrons. The average molecular weight is 308 g/mol. The molecule has 0 saturated carbocycles. The fourth-order valence-electron chi connectivity index (χ4n) is 1.71. The number of aromatic nitrogens is 1. The number of hydrogen-bond donors (Lipinski definition) is 2. The first-order valence-corrected chi connectivity index (χ1v) is 7.35. The molecule has 0 fully saturated rings. The van der Waals surface area contributed by atoms with Crippen molar-refractivity contribution in [3.8, 4) is 10.8 Å². The molecule has 1 amide bonds. The first-order chi connectivity index (χ1) is 9.97. The third-order valence-electron chi connectivity index (χ3n) is 3.15. The number of carboxylic acid groups (broad SMARTS) is 1. The first kappa shape index (κ1) is 15.2. The van der Waals surface area contributed by atoms with Crippen molar-refractivity contribution in [2.24, 2.45) is 5.92 Å². The quantitative estimate of drug-likeness (QED) is 0.853. The van der Waals surface area contributed by atoms with E-state index in [-0.39, 0.29) is 12.3 Å². The maximum absolute atomic E-state index is 11.9. The highest BCUT2D eigenvalue weighted by atomic mass is 32.1. The summed E-state index contributed by atoms with van der Waals surface area (Å²) < 4.78 is 5.33. The van der Waals surface area contributed by atoms with Crippen LogP contribution in [-0.2, 0) is 16.0 Å². The van der Waals surface area contributed by atoms with Crippen molar-refractivity contribution in [3.63, 3.8) is 0 Å². The van der Waals surface area contributed by atoms with Gasteiger partial charge in [-0.2, -0.15) is 0 Å². The van der Waals surface area contributed by atoms with E-state index in [0.29, 0.717) is 11.6 Å². The number of aliphatic carboxylic acids is 1. The molecule has 0 spiro atoms. The maximum Gasteiger partial charge on any atom is 0.308 e. The summed E-state index contributed by atoms with van der Waals surface area (Å²) in [5.74, 6) is -1.38. The van der Waals surface area contributed by atoms with Gasteiger partial charge in [0, 0.05) is 6.04 Å². The molecule has 0 aliphatic carbocycles. The minimum atomic E-state index is -0.941. The normalized spacial score (nSPS) is 13.6. The number of hydrogen-bond acceptors (Lipinski definition) is 5. The number of amides is 1. The fraction of sp³-hybridized carbons (Fsp3) is 0.357. The lowest BCUT2D eigenvalue weighted by molar-refractivity contribution is -0.142. The van der Waals surface area contributed by atoms with E-state index < -0.39 is 17.9 Å². The lowest BCUT2D eigenvalue weighted by atomic mass is 10.0. The van der Waals surface area contributed by atoms with Crippen LogP contribution in [-0.4, -0.2) is 28.0 Å². The summed E-state index contributed by atoms with van der Waals surface area (Å²) in [4.78, 5) is 27.8. The molecule has 0 aliphatic heterocycles. The van der Waals surface area contributed by atoms with Gasteiger partial charge in [0.25, 0.3) is 0 Å². The van der Waals surface area contributed by atoms with E-state index in [4.69, 9.17) is 9.52 Å². The van der Waals surface area contributed by atoms with Crippen LogP contribution in [0.1, 0.15) is 19.5 Å². The van der Waals surface area contributed by atoms with Crippen LogP contribution in [0.3, 0.4) is 0 Å². The molecule has 0 aromatic carbocycles. The van der Waals surface area contributed by atoms with Gasteiger partial charge < -0.3 is 14.8 Å². The summed E-state index contributed by atoms with van der Waals surface area (Å²) in [5, 5.41) is 13.5. The van der Waals surface area contributed by atoms with Crippen LogP contribution in [0.25, 0.3) is 10.8 Å². The van der Waals surface area contributed by atoms with Crippen molar-refractivity contribution in [1.29, 1.82) is 0 Å². The van der Waals surface area contributed by atoms with Crippen LogP contribution in [0.5, 0.6) is 0 Å². The molecule has 0 aliphatic rings. The Morgan fingerprint density at radius 3 is 2.86 bits per heavy atom. The summed E-state index contributed by atoms with van der Waals surface area (Å²) in [7, 11) is 0. The van der Waals surface area contributed by atoms with Crippen LogP contribution >= 0.6 is 11.3 Å². The lowest BCUT2D eigenvalue weighted by Crippen LogP contribution is -2.40. The number of carboxylic acids is 1. The molecular formula is C14H16N2O4S. The van der Waals surface area contributed by atoms with Crippen LogP contribution in [0.15, 0.2) is 28.2 Å². The molecule has 112 valence electrons. The molecule has 2 rings (SSSR count). The summed E-state index contributed by atoms with van der Waals surface area (Å²) in [5.41, 5.74) is 0.520. The molecule has 2 atom stereocenters. The highest BCUT2D eigenvalue weighted by molar-refractivity contribution is 7.13. The van der Waals surface area contributed by atoms with Gasteiger partial charge in [0.15, 0.2) is 0 Å². The Hall–Kier alpha value is -2.15. The second kappa shape index (κ2) is 6.53. The molecule has 6 nitrogen and oxygen atoms in total. The van der Waals surface area contributed by atoms with E-state index in [1.165, 1.54) is 17.6 Å². The Balaban J connectivity index is 1.93. The standard InChI is InChI=1S/C14H16N2O4S/c1-8(14(18)19)9(2)15-12(17)6-10-7-20-13(16-10)11-4-3-5-21-11/h3-5,7-9H,6H2,1-2H3,(H,15,17)(H,18,19). The summed E-state index contributed by atoms with van der Waals surface area (Å²) in [6.45, 7) is 3.22. The van der Waals surface area contributed by atoms with E-state index in [1.54, 1.807) is 13.8 Å². The molecule has 0 bridgehead atoms. The number of nitrogens with one attached hydrogen (secondary N) is 1. The van der Waals surface area contributed by atoms with Gasteiger partial charge in [-0.15, -0.1) is 11.3 Å². The minimum Gasteiger partial charge on any atom is -0.481 e. The highest BCUT2D eigenvalue weighted by Crippen LogP contribution is 2.23. The third kappa shape index (κ3) is 3.91. The summed E-state index contributed by atoms with van der Waals surface area (Å²) in [6.07, 6.45) is 1.51. The fourth-order valence-corrected chi connectivity index (χ4v) is 2.37. The summed E-state index contributed by atoms with van der Waals surface area (Å²) >= 11 is 1.50. The van der Waals surface area contributed by atoms with Crippen molar-refractivity contribution in [3.05, 3.63) is 29.5 Å². The van der Waals surface area contributed by atoms with Crippen molar-refractivity contribution in [1.82, 2.24) is 10.3 Å². The zero-order chi connectivity index (χ0) is 15.4. The highest BCUT2D eigenvalue weighted by Gasteiger charge is 2.21. The number of rotatable bonds is 6. The predicted molar refractivity (Wildman–Crippen MR) is 77.9 cm³/mol. The van der Waals surface area contributed by atoms with Crippen molar-refractivity contribution in [2.75, 3.05) is 0 Å². The molecule has 0 saturated heterocycles. The van der Waals surface area contributed by atoms with Crippen LogP contribution in [0.4, 0.5) is 0 Å².